The van der Waals surface area contributed by atoms with Gasteiger partial charge >= 0.3 is 12.1 Å². The summed E-state index contributed by atoms with van der Waals surface area (Å²) in [5, 5.41) is 13.4. The van der Waals surface area contributed by atoms with E-state index in [4.69, 9.17) is 9.57 Å². The van der Waals surface area contributed by atoms with E-state index in [-0.39, 0.29) is 36.8 Å². The van der Waals surface area contributed by atoms with Gasteiger partial charge in [0, 0.05) is 83.0 Å². The Morgan fingerprint density at radius 3 is 2.37 bits per heavy atom. The number of rotatable bonds is 10. The topological polar surface area (TPSA) is 147 Å². The van der Waals surface area contributed by atoms with Crippen LogP contribution in [0.25, 0.3) is 0 Å². The van der Waals surface area contributed by atoms with Crippen LogP contribution in [-0.4, -0.2) is 138 Å². The molecule has 2 aromatic rings. The molecule has 0 radical (unpaired) electrons. The van der Waals surface area contributed by atoms with Crippen molar-refractivity contribution >= 4 is 30.0 Å². The number of nitrogens with zero attached hydrogens (tertiary/aromatic N) is 5. The molecule has 3 fully saturated rings. The highest BCUT2D eigenvalue weighted by Gasteiger charge is 2.52. The number of amides is 4. The molecule has 6 rings (SSSR count). The second-order valence-electron chi connectivity index (χ2n) is 14.6. The molecule has 52 heavy (non-hydrogen) atoms. The second kappa shape index (κ2) is 16.6. The van der Waals surface area contributed by atoms with Crippen LogP contribution < -0.4 is 10.8 Å². The number of para-hydroxylation sites is 1. The summed E-state index contributed by atoms with van der Waals surface area (Å²) in [6.45, 7) is 9.32. The monoisotopic (exact) mass is 719 g/mol. The molecular formula is C38H53N7O7. The molecule has 3 saturated heterocycles. The van der Waals surface area contributed by atoms with Crippen LogP contribution in [0.5, 0.6) is 5.75 Å². The smallest absolute Gasteiger partial charge is 0.411 e. The van der Waals surface area contributed by atoms with Crippen LogP contribution in [0.1, 0.15) is 54.4 Å². The lowest BCUT2D eigenvalue weighted by molar-refractivity contribution is -0.133. The molecule has 4 heterocycles. The van der Waals surface area contributed by atoms with E-state index in [0.29, 0.717) is 69.2 Å². The number of piperidine rings is 2. The number of hydroxylamine groups is 1. The van der Waals surface area contributed by atoms with Crippen molar-refractivity contribution in [2.75, 3.05) is 71.3 Å². The molecule has 282 valence electrons. The number of piperazine rings is 1. The fraction of sp³-hybridized carbons (Fsp3) is 0.579. The van der Waals surface area contributed by atoms with Crippen molar-refractivity contribution in [1.82, 2.24) is 30.0 Å². The van der Waals surface area contributed by atoms with Crippen molar-refractivity contribution in [2.24, 2.45) is 0 Å². The highest BCUT2D eigenvalue weighted by molar-refractivity contribution is 5.91. The van der Waals surface area contributed by atoms with Crippen LogP contribution >= 0.6 is 0 Å². The number of phenols is 1. The van der Waals surface area contributed by atoms with Crippen molar-refractivity contribution in [3.63, 3.8) is 0 Å². The lowest BCUT2D eigenvalue weighted by Crippen LogP contribution is -2.71. The summed E-state index contributed by atoms with van der Waals surface area (Å²) >= 11 is 0. The number of aromatic hydroxyl groups is 1. The first-order chi connectivity index (χ1) is 25.1. The highest BCUT2D eigenvalue weighted by Crippen LogP contribution is 2.39. The predicted octanol–water partition coefficient (Wildman–Crippen LogP) is 3.25. The van der Waals surface area contributed by atoms with Crippen LogP contribution in [0.3, 0.4) is 0 Å². The number of phenolic OH excluding ortho intramolecular Hbond substituents is 1. The van der Waals surface area contributed by atoms with Gasteiger partial charge in [-0.25, -0.2) is 15.1 Å². The minimum absolute atomic E-state index is 0.0320. The summed E-state index contributed by atoms with van der Waals surface area (Å²) in [4.78, 5) is 67.7. The Morgan fingerprint density at radius 2 is 1.67 bits per heavy atom. The van der Waals surface area contributed by atoms with Gasteiger partial charge in [-0.15, -0.1) is 0 Å². The van der Waals surface area contributed by atoms with E-state index < -0.39 is 11.8 Å². The van der Waals surface area contributed by atoms with Crippen LogP contribution in [-0.2, 0) is 32.2 Å². The van der Waals surface area contributed by atoms with Crippen molar-refractivity contribution in [2.45, 2.75) is 76.7 Å². The predicted molar refractivity (Wildman–Crippen MR) is 195 cm³/mol. The Hall–Kier alpha value is -4.24. The molecule has 14 heteroatoms. The van der Waals surface area contributed by atoms with Crippen molar-refractivity contribution in [3.8, 4) is 5.75 Å². The Balaban J connectivity index is 1.19. The molecule has 4 aliphatic heterocycles. The Labute approximate surface area is 305 Å². The van der Waals surface area contributed by atoms with E-state index in [2.05, 4.69) is 25.5 Å². The summed E-state index contributed by atoms with van der Waals surface area (Å²) < 4.78 is 5.96. The van der Waals surface area contributed by atoms with Crippen molar-refractivity contribution < 1.29 is 33.9 Å². The zero-order valence-electron chi connectivity index (χ0n) is 30.6. The van der Waals surface area contributed by atoms with Crippen molar-refractivity contribution in [3.05, 3.63) is 58.7 Å². The van der Waals surface area contributed by atoms with E-state index >= 15 is 0 Å². The molecule has 3 N–H and O–H groups in total. The molecule has 0 aliphatic carbocycles. The minimum atomic E-state index is -0.980. The summed E-state index contributed by atoms with van der Waals surface area (Å²) in [6, 6.07) is 11.5. The Bertz CT molecular complexity index is 1580. The number of benzene rings is 2. The first kappa shape index (κ1) is 37.5. The molecule has 4 aliphatic rings. The molecule has 0 bridgehead atoms. The minimum Gasteiger partial charge on any atom is -0.507 e. The van der Waals surface area contributed by atoms with E-state index in [1.54, 1.807) is 4.90 Å². The van der Waals surface area contributed by atoms with Crippen LogP contribution in [0.2, 0.25) is 0 Å². The number of anilines is 1. The quantitative estimate of drug-likeness (QED) is 0.247. The van der Waals surface area contributed by atoms with Gasteiger partial charge in [0.2, 0.25) is 0 Å². The summed E-state index contributed by atoms with van der Waals surface area (Å²) in [6.07, 6.45) is 4.07. The van der Waals surface area contributed by atoms with Gasteiger partial charge in [-0.2, -0.15) is 0 Å². The summed E-state index contributed by atoms with van der Waals surface area (Å²) in [5.74, 6) is 0.0707. The second-order valence-corrected chi connectivity index (χ2v) is 14.6. The molecule has 2 atom stereocenters. The highest BCUT2D eigenvalue weighted by atomic mass is 16.6. The number of hydrogen-bond acceptors (Lipinski definition) is 10. The SMILES string of the molecule is CONC(=O)CN1CCC(N2CCN([C@]3(CC=O)C[C@H](N4CCc5ccccc5NC4=O)CCN3C(=O)OCc3cc(C)c(O)c(C)c3)CC2)CC1. The molecular weight excluding hydrogens is 666 g/mol. The number of aryl methyl sites for hydroxylation is 2. The number of hydrogen-bond donors (Lipinski definition) is 3. The van der Waals surface area contributed by atoms with Crippen LogP contribution in [0.15, 0.2) is 36.4 Å². The zero-order valence-corrected chi connectivity index (χ0v) is 30.6. The number of nitrogens with one attached hydrogen (secondary N) is 2. The van der Waals surface area contributed by atoms with Gasteiger partial charge in [-0.1, -0.05) is 18.2 Å². The number of likely N-dealkylation sites (tertiary alicyclic amines) is 2. The largest absolute Gasteiger partial charge is 0.507 e. The average molecular weight is 720 g/mol. The first-order valence-corrected chi connectivity index (χ1v) is 18.5. The normalized spacial score (nSPS) is 23.8. The maximum absolute atomic E-state index is 14.1. The fourth-order valence-corrected chi connectivity index (χ4v) is 8.74. The van der Waals surface area contributed by atoms with Gasteiger partial charge in [0.15, 0.2) is 0 Å². The Morgan fingerprint density at radius 1 is 0.981 bits per heavy atom. The molecule has 0 spiro atoms. The number of ether oxygens (including phenoxy) is 1. The van der Waals surface area contributed by atoms with E-state index in [9.17, 15) is 24.3 Å². The number of aldehydes is 1. The standard InChI is InChI=1S/C38H53N7O7/c1-27-22-29(23-28(2)35(27)48)26-52-37(50)45-16-11-32(44-15-8-30-6-4-5-7-33(30)39-36(44)49)24-38(45,12-21-46)43-19-17-42(18-20-43)31-9-13-41(14-10-31)25-34(47)40-51-3/h4-7,21-23,31-32,48H,8-20,24-26H2,1-3H3,(H,39,49)(H,40,47)/t32-,38+/m1/s1. The third-order valence-corrected chi connectivity index (χ3v) is 11.4. The Kier molecular flexibility index (Phi) is 12.0. The van der Waals surface area contributed by atoms with Gasteiger partial charge in [0.05, 0.1) is 13.7 Å². The van der Waals surface area contributed by atoms with Crippen molar-refractivity contribution in [1.29, 1.82) is 0 Å². The zero-order chi connectivity index (χ0) is 36.8. The van der Waals surface area contributed by atoms with Gasteiger partial charge in [-0.05, 0) is 80.0 Å². The number of urea groups is 1. The first-order valence-electron chi connectivity index (χ1n) is 18.5. The summed E-state index contributed by atoms with van der Waals surface area (Å²) in [7, 11) is 1.43. The molecule has 0 unspecified atom stereocenters. The molecule has 0 saturated carbocycles. The molecule has 4 amide bonds. The number of carbonyl (C=O) groups is 4. The maximum Gasteiger partial charge on any atom is 0.411 e. The lowest BCUT2D eigenvalue weighted by atomic mass is 9.85. The maximum atomic E-state index is 14.1. The fourth-order valence-electron chi connectivity index (χ4n) is 8.74. The number of carbonyl (C=O) groups excluding carboxylic acids is 4. The van der Waals surface area contributed by atoms with Gasteiger partial charge in [0.1, 0.15) is 24.3 Å². The van der Waals surface area contributed by atoms with E-state index in [1.807, 2.05) is 55.1 Å². The molecule has 2 aromatic carbocycles. The van der Waals surface area contributed by atoms with Crippen LogP contribution in [0, 0.1) is 13.8 Å². The lowest BCUT2D eigenvalue weighted by Gasteiger charge is -2.57. The van der Waals surface area contributed by atoms with E-state index in [0.717, 1.165) is 62.1 Å². The number of fused-ring (bicyclic) bond motifs is 1. The van der Waals surface area contributed by atoms with Gasteiger partial charge in [-0.3, -0.25) is 29.2 Å². The van der Waals surface area contributed by atoms with Crippen LogP contribution in [0.4, 0.5) is 15.3 Å². The van der Waals surface area contributed by atoms with Gasteiger partial charge < -0.3 is 24.9 Å². The summed E-state index contributed by atoms with van der Waals surface area (Å²) in [5.41, 5.74) is 5.50. The molecule has 0 aromatic heterocycles. The van der Waals surface area contributed by atoms with Gasteiger partial charge in [0.25, 0.3) is 5.91 Å². The third kappa shape index (κ3) is 8.20. The average Bonchev–Trinajstić information content (AvgIpc) is 3.31. The third-order valence-electron chi connectivity index (χ3n) is 11.4. The van der Waals surface area contributed by atoms with E-state index in [1.165, 1.54) is 7.11 Å². The molecule has 14 nitrogen and oxygen atoms in total.